The summed E-state index contributed by atoms with van der Waals surface area (Å²) in [6, 6.07) is 7.42. The second-order valence-electron chi connectivity index (χ2n) is 5.93. The van der Waals surface area contributed by atoms with Crippen LogP contribution in [0.25, 0.3) is 0 Å². The summed E-state index contributed by atoms with van der Waals surface area (Å²) in [4.78, 5) is 4.74. The minimum Gasteiger partial charge on any atom is -0.308 e. The molecule has 1 aliphatic rings. The van der Waals surface area contributed by atoms with Crippen LogP contribution in [0.1, 0.15) is 43.0 Å². The molecule has 3 rings (SSSR count). The van der Waals surface area contributed by atoms with E-state index >= 15 is 0 Å². The SMILES string of the molecule is CC(C)(c1ccc(F)cc1)c1nc(CNC2CC2)cs1. The molecule has 1 heterocycles. The highest BCUT2D eigenvalue weighted by Crippen LogP contribution is 2.33. The van der Waals surface area contributed by atoms with E-state index in [0.29, 0.717) is 6.04 Å². The zero-order chi connectivity index (χ0) is 14.2. The summed E-state index contributed by atoms with van der Waals surface area (Å²) in [7, 11) is 0. The molecule has 0 aliphatic heterocycles. The average molecular weight is 290 g/mol. The number of aromatic nitrogens is 1. The fourth-order valence-electron chi connectivity index (χ4n) is 2.20. The zero-order valence-corrected chi connectivity index (χ0v) is 12.6. The number of hydrogen-bond donors (Lipinski definition) is 1. The first kappa shape index (κ1) is 13.7. The number of nitrogens with zero attached hydrogens (tertiary/aromatic N) is 1. The van der Waals surface area contributed by atoms with Crippen molar-refractivity contribution in [1.29, 1.82) is 0 Å². The van der Waals surface area contributed by atoms with Crippen molar-refractivity contribution in [2.45, 2.75) is 44.7 Å². The molecule has 1 saturated carbocycles. The zero-order valence-electron chi connectivity index (χ0n) is 11.8. The third-order valence-corrected chi connectivity index (χ3v) is 5.02. The summed E-state index contributed by atoms with van der Waals surface area (Å²) in [5.41, 5.74) is 2.01. The molecule has 106 valence electrons. The summed E-state index contributed by atoms with van der Waals surface area (Å²) in [6.07, 6.45) is 2.58. The predicted molar refractivity (Wildman–Crippen MR) is 80.5 cm³/mol. The number of halogens is 1. The van der Waals surface area contributed by atoms with Crippen molar-refractivity contribution in [3.05, 3.63) is 51.7 Å². The van der Waals surface area contributed by atoms with Gasteiger partial charge in [0.05, 0.1) is 5.69 Å². The second-order valence-corrected chi connectivity index (χ2v) is 6.79. The fourth-order valence-corrected chi connectivity index (χ4v) is 3.17. The van der Waals surface area contributed by atoms with Crippen LogP contribution in [0.5, 0.6) is 0 Å². The van der Waals surface area contributed by atoms with Gasteiger partial charge in [-0.05, 0) is 44.4 Å². The van der Waals surface area contributed by atoms with Crippen LogP contribution in [0.2, 0.25) is 0 Å². The molecule has 0 spiro atoms. The lowest BCUT2D eigenvalue weighted by molar-refractivity contribution is 0.607. The van der Waals surface area contributed by atoms with Crippen molar-refractivity contribution < 1.29 is 4.39 Å². The second kappa shape index (κ2) is 5.26. The molecule has 0 bridgehead atoms. The summed E-state index contributed by atoms with van der Waals surface area (Å²) in [5.74, 6) is -0.196. The lowest BCUT2D eigenvalue weighted by atomic mass is 9.85. The van der Waals surface area contributed by atoms with Gasteiger partial charge >= 0.3 is 0 Å². The van der Waals surface area contributed by atoms with Crippen molar-refractivity contribution in [2.24, 2.45) is 0 Å². The van der Waals surface area contributed by atoms with Crippen molar-refractivity contribution >= 4 is 11.3 Å². The quantitative estimate of drug-likeness (QED) is 0.904. The number of nitrogens with one attached hydrogen (secondary N) is 1. The van der Waals surface area contributed by atoms with Gasteiger partial charge in [-0.3, -0.25) is 0 Å². The number of hydrogen-bond acceptors (Lipinski definition) is 3. The van der Waals surface area contributed by atoms with Crippen LogP contribution >= 0.6 is 11.3 Å². The van der Waals surface area contributed by atoms with Crippen LogP contribution in [0.3, 0.4) is 0 Å². The molecule has 1 aromatic carbocycles. The van der Waals surface area contributed by atoms with E-state index in [1.807, 2.05) is 12.1 Å². The number of thiazole rings is 1. The van der Waals surface area contributed by atoms with Crippen molar-refractivity contribution in [1.82, 2.24) is 10.3 Å². The standard InChI is InChI=1S/C16H19FN2S/c1-16(2,11-3-5-12(17)6-4-11)15-19-14(10-20-15)9-18-13-7-8-13/h3-6,10,13,18H,7-9H2,1-2H3. The van der Waals surface area contributed by atoms with E-state index in [0.717, 1.165) is 22.8 Å². The Morgan fingerprint density at radius 2 is 2.00 bits per heavy atom. The third-order valence-electron chi connectivity index (χ3n) is 3.80. The highest BCUT2D eigenvalue weighted by atomic mass is 32.1. The smallest absolute Gasteiger partial charge is 0.123 e. The van der Waals surface area contributed by atoms with E-state index in [1.54, 1.807) is 11.3 Å². The van der Waals surface area contributed by atoms with Gasteiger partial charge in [0, 0.05) is 23.4 Å². The van der Waals surface area contributed by atoms with Crippen LogP contribution in [0.15, 0.2) is 29.6 Å². The Morgan fingerprint density at radius 3 is 2.65 bits per heavy atom. The monoisotopic (exact) mass is 290 g/mol. The van der Waals surface area contributed by atoms with E-state index in [-0.39, 0.29) is 11.2 Å². The van der Waals surface area contributed by atoms with Gasteiger partial charge in [-0.25, -0.2) is 9.37 Å². The van der Waals surface area contributed by atoms with Gasteiger partial charge in [0.15, 0.2) is 0 Å². The van der Waals surface area contributed by atoms with E-state index in [2.05, 4.69) is 24.5 Å². The van der Waals surface area contributed by atoms with Crippen molar-refractivity contribution in [2.75, 3.05) is 0 Å². The maximum absolute atomic E-state index is 13.0. The van der Waals surface area contributed by atoms with Crippen LogP contribution in [-0.2, 0) is 12.0 Å². The predicted octanol–water partition coefficient (Wildman–Crippen LogP) is 3.86. The molecular formula is C16H19FN2S. The van der Waals surface area contributed by atoms with Gasteiger partial charge in [-0.15, -0.1) is 11.3 Å². The Kier molecular flexibility index (Phi) is 3.61. The van der Waals surface area contributed by atoms with Crippen LogP contribution in [0.4, 0.5) is 4.39 Å². The molecule has 1 aliphatic carbocycles. The lowest BCUT2D eigenvalue weighted by Crippen LogP contribution is -2.20. The molecule has 0 saturated heterocycles. The third kappa shape index (κ3) is 2.91. The van der Waals surface area contributed by atoms with E-state index in [4.69, 9.17) is 4.98 Å². The lowest BCUT2D eigenvalue weighted by Gasteiger charge is -2.22. The Morgan fingerprint density at radius 1 is 1.30 bits per heavy atom. The molecule has 1 fully saturated rings. The fraction of sp³-hybridized carbons (Fsp3) is 0.438. The van der Waals surface area contributed by atoms with Crippen LogP contribution in [-0.4, -0.2) is 11.0 Å². The molecule has 0 radical (unpaired) electrons. The molecular weight excluding hydrogens is 271 g/mol. The van der Waals surface area contributed by atoms with Gasteiger partial charge in [-0.1, -0.05) is 12.1 Å². The largest absolute Gasteiger partial charge is 0.308 e. The molecule has 1 N–H and O–H groups in total. The molecule has 2 nitrogen and oxygen atoms in total. The van der Waals surface area contributed by atoms with Crippen molar-refractivity contribution in [3.8, 4) is 0 Å². The normalized spacial score (nSPS) is 15.6. The van der Waals surface area contributed by atoms with Gasteiger partial charge < -0.3 is 5.32 Å². The molecule has 0 atom stereocenters. The van der Waals surface area contributed by atoms with E-state index in [9.17, 15) is 4.39 Å². The number of rotatable bonds is 5. The number of benzene rings is 1. The van der Waals surface area contributed by atoms with Gasteiger partial charge in [-0.2, -0.15) is 0 Å². The Bertz CT molecular complexity index is 585. The molecule has 1 aromatic heterocycles. The van der Waals surface area contributed by atoms with Crippen LogP contribution < -0.4 is 5.32 Å². The van der Waals surface area contributed by atoms with Gasteiger partial charge in [0.2, 0.25) is 0 Å². The first-order valence-corrected chi connectivity index (χ1v) is 7.88. The summed E-state index contributed by atoms with van der Waals surface area (Å²) < 4.78 is 13.0. The molecule has 20 heavy (non-hydrogen) atoms. The van der Waals surface area contributed by atoms with Gasteiger partial charge in [0.1, 0.15) is 10.8 Å². The highest BCUT2D eigenvalue weighted by Gasteiger charge is 2.27. The first-order chi connectivity index (χ1) is 9.55. The average Bonchev–Trinajstić information content (AvgIpc) is 3.13. The van der Waals surface area contributed by atoms with E-state index in [1.165, 1.54) is 25.0 Å². The highest BCUT2D eigenvalue weighted by molar-refractivity contribution is 7.09. The summed E-state index contributed by atoms with van der Waals surface area (Å²) in [6.45, 7) is 5.12. The topological polar surface area (TPSA) is 24.9 Å². The molecule has 0 unspecified atom stereocenters. The van der Waals surface area contributed by atoms with Gasteiger partial charge in [0.25, 0.3) is 0 Å². The minimum atomic E-state index is -0.196. The Hall–Kier alpha value is -1.26. The maximum atomic E-state index is 13.0. The summed E-state index contributed by atoms with van der Waals surface area (Å²) in [5, 5.41) is 6.68. The van der Waals surface area contributed by atoms with E-state index < -0.39 is 0 Å². The maximum Gasteiger partial charge on any atom is 0.123 e. The van der Waals surface area contributed by atoms with Crippen molar-refractivity contribution in [3.63, 3.8) is 0 Å². The Labute approximate surface area is 123 Å². The minimum absolute atomic E-state index is 0.184. The van der Waals surface area contributed by atoms with Crippen LogP contribution in [0, 0.1) is 5.82 Å². The molecule has 2 aromatic rings. The Balaban J connectivity index is 1.77. The molecule has 0 amide bonds. The molecule has 4 heteroatoms. The first-order valence-electron chi connectivity index (χ1n) is 7.00. The summed E-state index contributed by atoms with van der Waals surface area (Å²) >= 11 is 1.68.